The lowest BCUT2D eigenvalue weighted by Crippen LogP contribution is -2.23. The van der Waals surface area contributed by atoms with E-state index in [-0.39, 0.29) is 23.2 Å². The number of ether oxygens (including phenoxy) is 1. The Morgan fingerprint density at radius 1 is 1.26 bits per heavy atom. The maximum atomic E-state index is 12.7. The average Bonchev–Trinajstić information content (AvgIpc) is 3.01. The standard InChI is InChI=1S/C17H17N3O3/c1-2-23-17(22)14-15(21)13(10-20-16(14)18-11-19-20)9-8-12-6-4-3-5-7-12/h3-7,10-11H,2,8-9H2,1H3,(H,18,19). The van der Waals surface area contributed by atoms with Gasteiger partial charge >= 0.3 is 5.97 Å². The van der Waals surface area contributed by atoms with Gasteiger partial charge in [-0.1, -0.05) is 30.3 Å². The second-order valence-electron chi connectivity index (χ2n) is 5.15. The van der Waals surface area contributed by atoms with Crippen molar-refractivity contribution in [3.8, 4) is 0 Å². The van der Waals surface area contributed by atoms with Gasteiger partial charge < -0.3 is 4.74 Å². The molecule has 0 amide bonds. The molecule has 0 unspecified atom stereocenters. The summed E-state index contributed by atoms with van der Waals surface area (Å²) in [6.45, 7) is 1.92. The van der Waals surface area contributed by atoms with Gasteiger partial charge in [0.1, 0.15) is 6.33 Å². The molecular formula is C17H17N3O3. The largest absolute Gasteiger partial charge is 0.462 e. The van der Waals surface area contributed by atoms with Crippen LogP contribution in [-0.4, -0.2) is 27.2 Å². The summed E-state index contributed by atoms with van der Waals surface area (Å²) < 4.78 is 6.58. The summed E-state index contributed by atoms with van der Waals surface area (Å²) in [5.41, 5.74) is 1.65. The third-order valence-corrected chi connectivity index (χ3v) is 3.64. The molecule has 0 aliphatic heterocycles. The predicted octanol–water partition coefficient (Wildman–Crippen LogP) is 1.98. The van der Waals surface area contributed by atoms with E-state index < -0.39 is 5.97 Å². The molecule has 0 spiro atoms. The van der Waals surface area contributed by atoms with Gasteiger partial charge in [0.25, 0.3) is 0 Å². The number of aryl methyl sites for hydroxylation is 2. The van der Waals surface area contributed by atoms with Crippen molar-refractivity contribution in [1.29, 1.82) is 0 Å². The van der Waals surface area contributed by atoms with Gasteiger partial charge in [0.05, 0.1) is 6.61 Å². The number of fused-ring (bicyclic) bond motifs is 1. The van der Waals surface area contributed by atoms with E-state index in [9.17, 15) is 9.59 Å². The van der Waals surface area contributed by atoms with E-state index in [0.29, 0.717) is 12.0 Å². The van der Waals surface area contributed by atoms with Gasteiger partial charge in [-0.05, 0) is 25.3 Å². The van der Waals surface area contributed by atoms with Crippen LogP contribution in [0.1, 0.15) is 28.4 Å². The topological polar surface area (TPSA) is 76.5 Å². The number of hydrogen-bond acceptors (Lipinski definition) is 4. The Bertz CT molecular complexity index is 881. The molecule has 0 fully saturated rings. The maximum Gasteiger partial charge on any atom is 0.346 e. The summed E-state index contributed by atoms with van der Waals surface area (Å²) in [7, 11) is 0. The van der Waals surface area contributed by atoms with Crippen LogP contribution in [0, 0.1) is 0 Å². The first-order valence-corrected chi connectivity index (χ1v) is 7.49. The molecule has 2 heterocycles. The summed E-state index contributed by atoms with van der Waals surface area (Å²) in [5.74, 6) is -0.635. The van der Waals surface area contributed by atoms with Crippen LogP contribution in [0.4, 0.5) is 0 Å². The Hall–Kier alpha value is -2.89. The second-order valence-corrected chi connectivity index (χ2v) is 5.15. The number of carbonyl (C=O) groups is 1. The molecule has 0 radical (unpaired) electrons. The zero-order valence-corrected chi connectivity index (χ0v) is 12.8. The van der Waals surface area contributed by atoms with Gasteiger partial charge in [-0.25, -0.2) is 14.3 Å². The molecule has 6 heteroatoms. The smallest absolute Gasteiger partial charge is 0.346 e. The van der Waals surface area contributed by atoms with Gasteiger partial charge in [0, 0.05) is 11.8 Å². The van der Waals surface area contributed by atoms with Crippen LogP contribution in [-0.2, 0) is 17.6 Å². The first-order chi connectivity index (χ1) is 11.2. The minimum Gasteiger partial charge on any atom is -0.462 e. The van der Waals surface area contributed by atoms with Crippen molar-refractivity contribution in [1.82, 2.24) is 14.6 Å². The zero-order chi connectivity index (χ0) is 16.2. The van der Waals surface area contributed by atoms with Crippen LogP contribution in [0.3, 0.4) is 0 Å². The SMILES string of the molecule is CCOC(=O)c1c(=O)c(CCc2ccccc2)cn2[nH]cnc12. The van der Waals surface area contributed by atoms with Gasteiger partial charge in [-0.3, -0.25) is 9.89 Å². The number of aromatic amines is 1. The number of rotatable bonds is 5. The van der Waals surface area contributed by atoms with Crippen LogP contribution < -0.4 is 5.43 Å². The molecule has 118 valence electrons. The summed E-state index contributed by atoms with van der Waals surface area (Å²) in [6.07, 6.45) is 4.39. The third-order valence-electron chi connectivity index (χ3n) is 3.64. The van der Waals surface area contributed by atoms with Gasteiger partial charge in [0.15, 0.2) is 11.2 Å². The fourth-order valence-corrected chi connectivity index (χ4v) is 2.52. The molecule has 1 aromatic carbocycles. The fraction of sp³-hybridized carbons (Fsp3) is 0.235. The highest BCUT2D eigenvalue weighted by Crippen LogP contribution is 2.10. The first-order valence-electron chi connectivity index (χ1n) is 7.49. The second kappa shape index (κ2) is 6.48. The number of nitrogens with one attached hydrogen (secondary N) is 1. The maximum absolute atomic E-state index is 12.7. The minimum absolute atomic E-state index is 0.0151. The van der Waals surface area contributed by atoms with Crippen molar-refractivity contribution in [2.45, 2.75) is 19.8 Å². The molecule has 3 rings (SSSR count). The highest BCUT2D eigenvalue weighted by molar-refractivity contribution is 5.95. The van der Waals surface area contributed by atoms with Crippen molar-refractivity contribution < 1.29 is 9.53 Å². The normalized spacial score (nSPS) is 10.8. The van der Waals surface area contributed by atoms with Crippen LogP contribution in [0.15, 0.2) is 47.7 Å². The van der Waals surface area contributed by atoms with E-state index in [4.69, 9.17) is 4.74 Å². The van der Waals surface area contributed by atoms with E-state index in [1.807, 2.05) is 30.3 Å². The third kappa shape index (κ3) is 3.01. The summed E-state index contributed by atoms with van der Waals surface area (Å²) in [4.78, 5) is 28.8. The lowest BCUT2D eigenvalue weighted by Gasteiger charge is -2.07. The number of pyridine rings is 1. The monoisotopic (exact) mass is 311 g/mol. The molecule has 23 heavy (non-hydrogen) atoms. The molecule has 0 bridgehead atoms. The van der Waals surface area contributed by atoms with Crippen molar-refractivity contribution in [2.75, 3.05) is 6.61 Å². The molecular weight excluding hydrogens is 294 g/mol. The summed E-state index contributed by atoms with van der Waals surface area (Å²) in [6, 6.07) is 9.90. The summed E-state index contributed by atoms with van der Waals surface area (Å²) in [5, 5.41) is 2.88. The molecule has 1 N–H and O–H groups in total. The van der Waals surface area contributed by atoms with Crippen LogP contribution in [0.25, 0.3) is 5.65 Å². The van der Waals surface area contributed by atoms with Crippen LogP contribution >= 0.6 is 0 Å². The van der Waals surface area contributed by atoms with E-state index in [2.05, 4.69) is 10.1 Å². The Balaban J connectivity index is 1.99. The number of hydrogen-bond donors (Lipinski definition) is 1. The van der Waals surface area contributed by atoms with E-state index >= 15 is 0 Å². The van der Waals surface area contributed by atoms with Crippen molar-refractivity contribution in [2.24, 2.45) is 0 Å². The Kier molecular flexibility index (Phi) is 4.23. The number of esters is 1. The Morgan fingerprint density at radius 2 is 2.04 bits per heavy atom. The Labute approximate surface area is 132 Å². The van der Waals surface area contributed by atoms with Crippen LogP contribution in [0.5, 0.6) is 0 Å². The number of H-pyrrole nitrogens is 1. The quantitative estimate of drug-likeness (QED) is 0.731. The highest BCUT2D eigenvalue weighted by atomic mass is 16.5. The average molecular weight is 311 g/mol. The predicted molar refractivity (Wildman–Crippen MR) is 85.6 cm³/mol. The lowest BCUT2D eigenvalue weighted by atomic mass is 10.0. The van der Waals surface area contributed by atoms with E-state index in [1.54, 1.807) is 17.6 Å². The molecule has 2 aromatic heterocycles. The molecule has 0 aliphatic carbocycles. The molecule has 3 aromatic rings. The number of benzene rings is 1. The zero-order valence-electron chi connectivity index (χ0n) is 12.8. The van der Waals surface area contributed by atoms with Crippen molar-refractivity contribution in [3.05, 3.63) is 69.8 Å². The fourth-order valence-electron chi connectivity index (χ4n) is 2.52. The summed E-state index contributed by atoms with van der Waals surface area (Å²) >= 11 is 0. The van der Waals surface area contributed by atoms with E-state index in [0.717, 1.165) is 12.0 Å². The molecule has 6 nitrogen and oxygen atoms in total. The van der Waals surface area contributed by atoms with Gasteiger partial charge in [0.2, 0.25) is 5.43 Å². The molecule has 0 saturated heterocycles. The van der Waals surface area contributed by atoms with Crippen LogP contribution in [0.2, 0.25) is 0 Å². The van der Waals surface area contributed by atoms with Crippen molar-refractivity contribution in [3.63, 3.8) is 0 Å². The number of nitrogens with zero attached hydrogens (tertiary/aromatic N) is 2. The molecule has 0 saturated carbocycles. The van der Waals surface area contributed by atoms with Gasteiger partial charge in [-0.2, -0.15) is 0 Å². The van der Waals surface area contributed by atoms with E-state index in [1.165, 1.54) is 6.33 Å². The number of carbonyl (C=O) groups excluding carboxylic acids is 1. The lowest BCUT2D eigenvalue weighted by molar-refractivity contribution is 0.0526. The molecule has 0 aliphatic rings. The highest BCUT2D eigenvalue weighted by Gasteiger charge is 2.20. The van der Waals surface area contributed by atoms with Gasteiger partial charge in [-0.15, -0.1) is 0 Å². The minimum atomic E-state index is -0.635. The first kappa shape index (κ1) is 15.0. The van der Waals surface area contributed by atoms with Crippen molar-refractivity contribution >= 4 is 11.6 Å². The number of aromatic nitrogens is 3. The molecule has 0 atom stereocenters. The Morgan fingerprint density at radius 3 is 2.78 bits per heavy atom.